The third-order valence-corrected chi connectivity index (χ3v) is 4.56. The van der Waals surface area contributed by atoms with Crippen LogP contribution in [0.4, 0.5) is 5.69 Å². The molecule has 1 aromatic heterocycles. The second kappa shape index (κ2) is 10.8. The number of amides is 2. The predicted octanol–water partition coefficient (Wildman–Crippen LogP) is 2.10. The fourth-order valence-electron chi connectivity index (χ4n) is 2.98. The van der Waals surface area contributed by atoms with Crippen molar-refractivity contribution in [3.63, 3.8) is 0 Å². The van der Waals surface area contributed by atoms with Crippen LogP contribution in [0.2, 0.25) is 0 Å². The van der Waals surface area contributed by atoms with Crippen LogP contribution in [0.3, 0.4) is 0 Å². The van der Waals surface area contributed by atoms with E-state index in [1.54, 1.807) is 47.6 Å². The van der Waals surface area contributed by atoms with Gasteiger partial charge >= 0.3 is 0 Å². The number of pyridine rings is 1. The van der Waals surface area contributed by atoms with E-state index in [2.05, 4.69) is 15.5 Å². The number of nitrogens with zero attached hydrogens (tertiary/aromatic N) is 3. The molecule has 0 aliphatic carbocycles. The van der Waals surface area contributed by atoms with Gasteiger partial charge in [-0.15, -0.1) is 0 Å². The van der Waals surface area contributed by atoms with Crippen LogP contribution in [0.5, 0.6) is 0 Å². The smallest absolute Gasteiger partial charge is 0.253 e. The first-order valence-electron chi connectivity index (χ1n) is 9.80. The molecule has 1 aliphatic rings. The molecule has 3 N–H and O–H groups in total. The summed E-state index contributed by atoms with van der Waals surface area (Å²) in [4.78, 5) is 35.4. The summed E-state index contributed by atoms with van der Waals surface area (Å²) in [6.07, 6.45) is 7.83. The molecule has 156 valence electrons. The van der Waals surface area contributed by atoms with Crippen molar-refractivity contribution in [3.8, 4) is 0 Å². The fraction of sp³-hybridized carbons (Fsp3) is 0.273. The number of likely N-dealkylation sites (tertiary alicyclic amines) is 1. The molecule has 2 amide bonds. The number of nitrogen functional groups attached to an aromatic ring is 1. The quantitative estimate of drug-likeness (QED) is 0.316. The number of piperidine rings is 1. The SMILES string of the molecule is Nc1cccc(C(=O)N2CCC(=NOCCNC(=O)/C=C/c3cccnc3)CC2)c1. The van der Waals surface area contributed by atoms with Crippen molar-refractivity contribution in [3.05, 3.63) is 66.0 Å². The topological polar surface area (TPSA) is 110 Å². The van der Waals surface area contributed by atoms with Crippen molar-refractivity contribution in [1.29, 1.82) is 0 Å². The third kappa shape index (κ3) is 6.44. The summed E-state index contributed by atoms with van der Waals surface area (Å²) in [7, 11) is 0. The van der Waals surface area contributed by atoms with Crippen LogP contribution in [-0.4, -0.2) is 53.7 Å². The summed E-state index contributed by atoms with van der Waals surface area (Å²) in [6.45, 7) is 1.81. The van der Waals surface area contributed by atoms with E-state index in [0.717, 1.165) is 11.3 Å². The Morgan fingerprint density at radius 1 is 1.23 bits per heavy atom. The molecule has 0 unspecified atom stereocenters. The zero-order valence-corrected chi connectivity index (χ0v) is 16.7. The molecular weight excluding hydrogens is 382 g/mol. The number of anilines is 1. The molecule has 1 saturated heterocycles. The molecule has 0 bridgehead atoms. The van der Waals surface area contributed by atoms with Crippen LogP contribution < -0.4 is 11.1 Å². The highest BCUT2D eigenvalue weighted by molar-refractivity contribution is 5.96. The van der Waals surface area contributed by atoms with Gasteiger partial charge in [-0.2, -0.15) is 0 Å². The second-order valence-electron chi connectivity index (χ2n) is 6.82. The van der Waals surface area contributed by atoms with Gasteiger partial charge in [-0.05, 0) is 35.9 Å². The summed E-state index contributed by atoms with van der Waals surface area (Å²) >= 11 is 0. The Kier molecular flexibility index (Phi) is 7.54. The van der Waals surface area contributed by atoms with Crippen LogP contribution in [0.25, 0.3) is 6.08 Å². The zero-order chi connectivity index (χ0) is 21.2. The zero-order valence-electron chi connectivity index (χ0n) is 16.7. The minimum absolute atomic E-state index is 0.0238. The molecule has 1 aromatic carbocycles. The van der Waals surface area contributed by atoms with Crippen molar-refractivity contribution in [1.82, 2.24) is 15.2 Å². The lowest BCUT2D eigenvalue weighted by Crippen LogP contribution is -2.38. The predicted molar refractivity (Wildman–Crippen MR) is 116 cm³/mol. The standard InChI is InChI=1S/C22H25N5O3/c23-19-5-1-4-18(15-19)22(29)27-12-8-20(9-13-27)26-30-14-11-25-21(28)7-6-17-3-2-10-24-16-17/h1-7,10,15-16H,8-9,11-14,23H2,(H,25,28)/b7-6+. The number of carbonyl (C=O) groups excluding carboxylic acids is 2. The van der Waals surface area contributed by atoms with Gasteiger partial charge in [0.05, 0.1) is 12.3 Å². The first-order valence-corrected chi connectivity index (χ1v) is 9.80. The molecular formula is C22H25N5O3. The monoisotopic (exact) mass is 407 g/mol. The van der Waals surface area contributed by atoms with Crippen molar-refractivity contribution < 1.29 is 14.4 Å². The minimum Gasteiger partial charge on any atom is -0.399 e. The van der Waals surface area contributed by atoms with E-state index in [0.29, 0.717) is 43.7 Å². The van der Waals surface area contributed by atoms with Gasteiger partial charge in [0, 0.05) is 55.7 Å². The van der Waals surface area contributed by atoms with Gasteiger partial charge in [-0.3, -0.25) is 14.6 Å². The second-order valence-corrected chi connectivity index (χ2v) is 6.82. The molecule has 1 aliphatic heterocycles. The molecule has 0 radical (unpaired) electrons. The number of aromatic nitrogens is 1. The third-order valence-electron chi connectivity index (χ3n) is 4.56. The Hall–Kier alpha value is -3.68. The lowest BCUT2D eigenvalue weighted by Gasteiger charge is -2.27. The number of nitrogens with two attached hydrogens (primary N) is 1. The lowest BCUT2D eigenvalue weighted by atomic mass is 10.1. The van der Waals surface area contributed by atoms with Crippen molar-refractivity contribution in [2.24, 2.45) is 5.16 Å². The van der Waals surface area contributed by atoms with Crippen LogP contribution in [-0.2, 0) is 9.63 Å². The van der Waals surface area contributed by atoms with E-state index in [9.17, 15) is 9.59 Å². The average Bonchev–Trinajstić information content (AvgIpc) is 2.78. The molecule has 2 heterocycles. The Morgan fingerprint density at radius 3 is 2.80 bits per heavy atom. The number of rotatable bonds is 7. The maximum absolute atomic E-state index is 12.5. The van der Waals surface area contributed by atoms with Gasteiger partial charge in [0.25, 0.3) is 5.91 Å². The molecule has 1 fully saturated rings. The van der Waals surface area contributed by atoms with E-state index in [1.807, 2.05) is 12.1 Å². The highest BCUT2D eigenvalue weighted by Gasteiger charge is 2.21. The Labute approximate surface area is 175 Å². The maximum atomic E-state index is 12.5. The van der Waals surface area contributed by atoms with Gasteiger partial charge < -0.3 is 20.8 Å². The van der Waals surface area contributed by atoms with E-state index in [1.165, 1.54) is 6.08 Å². The Balaban J connectivity index is 1.33. The van der Waals surface area contributed by atoms with Gasteiger partial charge in [0.1, 0.15) is 6.61 Å². The molecule has 0 saturated carbocycles. The average molecular weight is 407 g/mol. The van der Waals surface area contributed by atoms with E-state index in [4.69, 9.17) is 10.6 Å². The summed E-state index contributed by atoms with van der Waals surface area (Å²) in [5.74, 6) is -0.229. The summed E-state index contributed by atoms with van der Waals surface area (Å²) in [5.41, 5.74) is 8.69. The first kappa shape index (κ1) is 21.0. The summed E-state index contributed by atoms with van der Waals surface area (Å²) in [5, 5.41) is 6.87. The van der Waals surface area contributed by atoms with E-state index < -0.39 is 0 Å². The molecule has 30 heavy (non-hydrogen) atoms. The van der Waals surface area contributed by atoms with Gasteiger partial charge in [-0.1, -0.05) is 17.3 Å². The highest BCUT2D eigenvalue weighted by Crippen LogP contribution is 2.14. The Bertz CT molecular complexity index is 917. The number of nitrogens with one attached hydrogen (secondary N) is 1. The number of hydrogen-bond acceptors (Lipinski definition) is 6. The number of benzene rings is 1. The van der Waals surface area contributed by atoms with E-state index >= 15 is 0 Å². The summed E-state index contributed by atoms with van der Waals surface area (Å²) in [6, 6.07) is 10.7. The van der Waals surface area contributed by atoms with Crippen molar-refractivity contribution >= 4 is 29.3 Å². The molecule has 8 heteroatoms. The first-order chi connectivity index (χ1) is 14.6. The molecule has 8 nitrogen and oxygen atoms in total. The molecule has 2 aromatic rings. The van der Waals surface area contributed by atoms with Crippen molar-refractivity contribution in [2.75, 3.05) is 32.0 Å². The van der Waals surface area contributed by atoms with E-state index in [-0.39, 0.29) is 18.4 Å². The normalized spacial score (nSPS) is 13.9. The summed E-state index contributed by atoms with van der Waals surface area (Å²) < 4.78 is 0. The molecule has 0 spiro atoms. The van der Waals surface area contributed by atoms with Gasteiger partial charge in [-0.25, -0.2) is 0 Å². The largest absolute Gasteiger partial charge is 0.399 e. The van der Waals surface area contributed by atoms with Crippen LogP contribution in [0.1, 0.15) is 28.8 Å². The fourth-order valence-corrected chi connectivity index (χ4v) is 2.98. The lowest BCUT2D eigenvalue weighted by molar-refractivity contribution is -0.116. The minimum atomic E-state index is -0.205. The van der Waals surface area contributed by atoms with Crippen LogP contribution in [0.15, 0.2) is 60.0 Å². The number of hydrogen-bond donors (Lipinski definition) is 2. The van der Waals surface area contributed by atoms with Crippen LogP contribution >= 0.6 is 0 Å². The van der Waals surface area contributed by atoms with Gasteiger partial charge in [0.2, 0.25) is 5.91 Å². The Morgan fingerprint density at radius 2 is 2.07 bits per heavy atom. The van der Waals surface area contributed by atoms with Crippen LogP contribution in [0, 0.1) is 0 Å². The maximum Gasteiger partial charge on any atom is 0.253 e. The number of oxime groups is 1. The van der Waals surface area contributed by atoms with Gasteiger partial charge in [0.15, 0.2) is 0 Å². The van der Waals surface area contributed by atoms with Crippen molar-refractivity contribution in [2.45, 2.75) is 12.8 Å². The molecule has 0 atom stereocenters. The number of carbonyl (C=O) groups is 2. The highest BCUT2D eigenvalue weighted by atomic mass is 16.6. The molecule has 3 rings (SSSR count).